The molecule has 0 radical (unpaired) electrons. The van der Waals surface area contributed by atoms with Crippen LogP contribution in [0, 0.1) is 6.92 Å². The Labute approximate surface area is 116 Å². The molecule has 0 saturated carbocycles. The first-order valence-corrected chi connectivity index (χ1v) is 7.03. The van der Waals surface area contributed by atoms with Crippen LogP contribution in [-0.2, 0) is 4.79 Å². The number of aryl methyl sites for hydroxylation is 1. The molecule has 0 aliphatic rings. The number of hydrogen-bond donors (Lipinski definition) is 2. The Bertz CT molecular complexity index is 566. The lowest BCUT2D eigenvalue weighted by molar-refractivity contribution is -0.114. The molecule has 0 aliphatic heterocycles. The van der Waals surface area contributed by atoms with Crippen LogP contribution in [0.3, 0.4) is 0 Å². The monoisotopic (exact) mass is 275 g/mol. The zero-order chi connectivity index (χ0) is 13.8. The highest BCUT2D eigenvalue weighted by molar-refractivity contribution is 7.07. The minimum Gasteiger partial charge on any atom is -0.377 e. The zero-order valence-electron chi connectivity index (χ0n) is 11.2. The van der Waals surface area contributed by atoms with Gasteiger partial charge in [0.05, 0.1) is 17.2 Å². The number of carbonyl (C=O) groups is 1. The number of aromatic nitrogens is 1. The van der Waals surface area contributed by atoms with Crippen LogP contribution in [-0.4, -0.2) is 10.9 Å². The molecule has 2 rings (SSSR count). The number of anilines is 2. The molecule has 1 aromatic carbocycles. The Morgan fingerprint density at radius 1 is 1.42 bits per heavy atom. The fourth-order valence-electron chi connectivity index (χ4n) is 1.84. The number of thiazole rings is 1. The topological polar surface area (TPSA) is 54.0 Å². The van der Waals surface area contributed by atoms with E-state index in [0.29, 0.717) is 0 Å². The standard InChI is InChI=1S/C14H17N3OS/c1-9-6-12(4-5-13(9)17-11(3)18)16-10(2)14-7-19-8-15-14/h4-8,10,16H,1-3H3,(H,17,18). The van der Waals surface area contributed by atoms with Gasteiger partial charge < -0.3 is 10.6 Å². The maximum Gasteiger partial charge on any atom is 0.221 e. The lowest BCUT2D eigenvalue weighted by Gasteiger charge is -2.15. The van der Waals surface area contributed by atoms with E-state index in [-0.39, 0.29) is 11.9 Å². The van der Waals surface area contributed by atoms with Crippen molar-refractivity contribution in [3.8, 4) is 0 Å². The van der Waals surface area contributed by atoms with Crippen LogP contribution in [0.5, 0.6) is 0 Å². The molecule has 19 heavy (non-hydrogen) atoms. The highest BCUT2D eigenvalue weighted by Gasteiger charge is 2.08. The molecule has 5 heteroatoms. The van der Waals surface area contributed by atoms with Gasteiger partial charge in [-0.25, -0.2) is 4.98 Å². The van der Waals surface area contributed by atoms with Crippen molar-refractivity contribution in [2.45, 2.75) is 26.8 Å². The number of benzene rings is 1. The van der Waals surface area contributed by atoms with Gasteiger partial charge in [0, 0.05) is 23.7 Å². The third kappa shape index (κ3) is 3.54. The first kappa shape index (κ1) is 13.5. The van der Waals surface area contributed by atoms with Gasteiger partial charge in [0.25, 0.3) is 0 Å². The third-order valence-electron chi connectivity index (χ3n) is 2.82. The van der Waals surface area contributed by atoms with Gasteiger partial charge >= 0.3 is 0 Å². The van der Waals surface area contributed by atoms with Crippen LogP contribution in [0.4, 0.5) is 11.4 Å². The summed E-state index contributed by atoms with van der Waals surface area (Å²) in [5.74, 6) is -0.0559. The zero-order valence-corrected chi connectivity index (χ0v) is 12.0. The predicted molar refractivity (Wildman–Crippen MR) is 79.6 cm³/mol. The van der Waals surface area contributed by atoms with Crippen molar-refractivity contribution in [1.29, 1.82) is 0 Å². The summed E-state index contributed by atoms with van der Waals surface area (Å²) in [5, 5.41) is 8.24. The van der Waals surface area contributed by atoms with Gasteiger partial charge in [0.15, 0.2) is 0 Å². The van der Waals surface area contributed by atoms with Crippen LogP contribution in [0.2, 0.25) is 0 Å². The number of nitrogens with zero attached hydrogens (tertiary/aromatic N) is 1. The third-order valence-corrected chi connectivity index (χ3v) is 3.42. The van der Waals surface area contributed by atoms with Gasteiger partial charge in [0.2, 0.25) is 5.91 Å². The first-order chi connectivity index (χ1) is 9.06. The Balaban J connectivity index is 2.10. The second-order valence-corrected chi connectivity index (χ2v) is 5.21. The molecule has 100 valence electrons. The summed E-state index contributed by atoms with van der Waals surface area (Å²) in [6.07, 6.45) is 0. The van der Waals surface area contributed by atoms with Gasteiger partial charge in [-0.05, 0) is 37.6 Å². The Kier molecular flexibility index (Phi) is 4.16. The van der Waals surface area contributed by atoms with Crippen molar-refractivity contribution < 1.29 is 4.79 Å². The normalized spacial score (nSPS) is 11.9. The van der Waals surface area contributed by atoms with E-state index in [1.807, 2.05) is 36.0 Å². The summed E-state index contributed by atoms with van der Waals surface area (Å²) in [6, 6.07) is 6.06. The number of hydrogen-bond acceptors (Lipinski definition) is 4. The maximum atomic E-state index is 11.0. The molecule has 2 aromatic rings. The van der Waals surface area contributed by atoms with Gasteiger partial charge in [-0.2, -0.15) is 0 Å². The van der Waals surface area contributed by atoms with Crippen molar-refractivity contribution in [2.75, 3.05) is 10.6 Å². The first-order valence-electron chi connectivity index (χ1n) is 6.09. The summed E-state index contributed by atoms with van der Waals surface area (Å²) >= 11 is 1.59. The lowest BCUT2D eigenvalue weighted by atomic mass is 10.1. The Morgan fingerprint density at radius 3 is 2.79 bits per heavy atom. The number of rotatable bonds is 4. The summed E-state index contributed by atoms with van der Waals surface area (Å²) in [7, 11) is 0. The van der Waals surface area contributed by atoms with E-state index in [1.54, 1.807) is 11.3 Å². The highest BCUT2D eigenvalue weighted by Crippen LogP contribution is 2.23. The van der Waals surface area contributed by atoms with E-state index >= 15 is 0 Å². The molecule has 2 N–H and O–H groups in total. The van der Waals surface area contributed by atoms with E-state index in [0.717, 1.165) is 22.6 Å². The maximum absolute atomic E-state index is 11.0. The molecule has 4 nitrogen and oxygen atoms in total. The summed E-state index contributed by atoms with van der Waals surface area (Å²) < 4.78 is 0. The van der Waals surface area contributed by atoms with Crippen LogP contribution in [0.15, 0.2) is 29.1 Å². The molecule has 0 spiro atoms. The van der Waals surface area contributed by atoms with Gasteiger partial charge in [-0.3, -0.25) is 4.79 Å². The Morgan fingerprint density at radius 2 is 2.21 bits per heavy atom. The number of carbonyl (C=O) groups excluding carboxylic acids is 1. The molecule has 1 amide bonds. The van der Waals surface area contributed by atoms with Gasteiger partial charge in [-0.1, -0.05) is 0 Å². The fourth-order valence-corrected chi connectivity index (χ4v) is 2.49. The van der Waals surface area contributed by atoms with E-state index in [9.17, 15) is 4.79 Å². The van der Waals surface area contributed by atoms with E-state index in [4.69, 9.17) is 0 Å². The van der Waals surface area contributed by atoms with Crippen LogP contribution in [0.25, 0.3) is 0 Å². The summed E-state index contributed by atoms with van der Waals surface area (Å²) in [4.78, 5) is 15.3. The van der Waals surface area contributed by atoms with Crippen molar-refractivity contribution >= 4 is 28.6 Å². The van der Waals surface area contributed by atoms with Crippen molar-refractivity contribution in [3.63, 3.8) is 0 Å². The molecule has 1 atom stereocenters. The minimum atomic E-state index is -0.0559. The van der Waals surface area contributed by atoms with Crippen LogP contribution in [0.1, 0.15) is 31.1 Å². The van der Waals surface area contributed by atoms with Crippen LogP contribution >= 0.6 is 11.3 Å². The predicted octanol–water partition coefficient (Wildman–Crippen LogP) is 3.58. The number of nitrogens with one attached hydrogen (secondary N) is 2. The van der Waals surface area contributed by atoms with E-state index in [1.165, 1.54) is 6.92 Å². The highest BCUT2D eigenvalue weighted by atomic mass is 32.1. The molecule has 1 aromatic heterocycles. The average Bonchev–Trinajstić information content (AvgIpc) is 2.86. The molecule has 0 aliphatic carbocycles. The van der Waals surface area contributed by atoms with Crippen molar-refractivity contribution in [1.82, 2.24) is 4.98 Å². The lowest BCUT2D eigenvalue weighted by Crippen LogP contribution is -2.09. The molecule has 1 heterocycles. The number of amides is 1. The molecule has 0 bridgehead atoms. The smallest absolute Gasteiger partial charge is 0.221 e. The second-order valence-electron chi connectivity index (χ2n) is 4.49. The largest absolute Gasteiger partial charge is 0.377 e. The van der Waals surface area contributed by atoms with E-state index in [2.05, 4.69) is 22.5 Å². The summed E-state index contributed by atoms with van der Waals surface area (Å²) in [6.45, 7) is 5.56. The molecule has 0 fully saturated rings. The summed E-state index contributed by atoms with van der Waals surface area (Å²) in [5.41, 5.74) is 5.77. The van der Waals surface area contributed by atoms with Crippen molar-refractivity contribution in [3.05, 3.63) is 40.3 Å². The molecule has 0 saturated heterocycles. The van der Waals surface area contributed by atoms with Gasteiger partial charge in [-0.15, -0.1) is 11.3 Å². The van der Waals surface area contributed by atoms with Gasteiger partial charge in [0.1, 0.15) is 0 Å². The second kappa shape index (κ2) is 5.84. The average molecular weight is 275 g/mol. The minimum absolute atomic E-state index is 0.0559. The SMILES string of the molecule is CC(=O)Nc1ccc(NC(C)c2cscn2)cc1C. The van der Waals surface area contributed by atoms with E-state index < -0.39 is 0 Å². The molecule has 1 unspecified atom stereocenters. The van der Waals surface area contributed by atoms with Crippen LogP contribution < -0.4 is 10.6 Å². The quantitative estimate of drug-likeness (QED) is 0.896. The molecular formula is C14H17N3OS. The van der Waals surface area contributed by atoms with Crippen molar-refractivity contribution in [2.24, 2.45) is 0 Å². The molecular weight excluding hydrogens is 258 g/mol. The Hall–Kier alpha value is -1.88. The fraction of sp³-hybridized carbons (Fsp3) is 0.286.